The van der Waals surface area contributed by atoms with Crippen LogP contribution in [0.25, 0.3) is 5.65 Å². The van der Waals surface area contributed by atoms with E-state index >= 15 is 0 Å². The number of hydrogen-bond donors (Lipinski definition) is 0. The van der Waals surface area contributed by atoms with Crippen LogP contribution < -0.4 is 4.90 Å². The first-order valence-corrected chi connectivity index (χ1v) is 11.2. The van der Waals surface area contributed by atoms with E-state index in [0.29, 0.717) is 17.8 Å². The number of likely N-dealkylation sites (tertiary alicyclic amines) is 1. The first-order chi connectivity index (χ1) is 16.1. The molecule has 0 radical (unpaired) electrons. The molecule has 3 aromatic rings. The van der Waals surface area contributed by atoms with Gasteiger partial charge in [-0.25, -0.2) is 19.7 Å². The number of rotatable bonds is 3. The fourth-order valence-corrected chi connectivity index (χ4v) is 4.65. The number of piperidine rings is 1. The number of nitrogens with zero attached hydrogens (tertiary/aromatic N) is 8. The molecule has 9 heteroatoms. The van der Waals surface area contributed by atoms with Gasteiger partial charge in [-0.15, -0.1) is 0 Å². The molecule has 168 valence electrons. The lowest BCUT2D eigenvalue weighted by molar-refractivity contribution is 0.0599. The predicted molar refractivity (Wildman–Crippen MR) is 122 cm³/mol. The minimum atomic E-state index is -0.117. The third-order valence-electron chi connectivity index (χ3n) is 6.25. The summed E-state index contributed by atoms with van der Waals surface area (Å²) in [7, 11) is 0. The van der Waals surface area contributed by atoms with Crippen molar-refractivity contribution in [2.75, 3.05) is 24.5 Å². The summed E-state index contributed by atoms with van der Waals surface area (Å²) in [4.78, 5) is 26.5. The van der Waals surface area contributed by atoms with Gasteiger partial charge in [-0.3, -0.25) is 4.79 Å². The van der Waals surface area contributed by atoms with Crippen molar-refractivity contribution in [1.29, 1.82) is 10.5 Å². The second kappa shape index (κ2) is 9.66. The van der Waals surface area contributed by atoms with Gasteiger partial charge in [0, 0.05) is 50.2 Å². The lowest BCUT2D eigenvalue weighted by atomic mass is 9.99. The quantitative estimate of drug-likeness (QED) is 0.610. The molecule has 0 bridgehead atoms. The van der Waals surface area contributed by atoms with Crippen molar-refractivity contribution < 1.29 is 4.79 Å². The second-order valence-corrected chi connectivity index (χ2v) is 8.37. The van der Waals surface area contributed by atoms with Crippen LogP contribution in [0.4, 0.5) is 5.82 Å². The minimum absolute atomic E-state index is 0.101. The van der Waals surface area contributed by atoms with Gasteiger partial charge in [0.1, 0.15) is 17.6 Å². The molecule has 1 amide bonds. The average molecular weight is 443 g/mol. The molecular weight excluding hydrogens is 416 g/mol. The van der Waals surface area contributed by atoms with E-state index in [0.717, 1.165) is 55.1 Å². The highest BCUT2D eigenvalue weighted by molar-refractivity contribution is 5.92. The zero-order valence-corrected chi connectivity index (χ0v) is 18.7. The number of carbonyl (C=O) groups is 1. The summed E-state index contributed by atoms with van der Waals surface area (Å²) >= 11 is 0. The van der Waals surface area contributed by atoms with Crippen molar-refractivity contribution in [2.45, 2.75) is 45.1 Å². The monoisotopic (exact) mass is 442 g/mol. The van der Waals surface area contributed by atoms with Gasteiger partial charge in [-0.05, 0) is 51.2 Å². The van der Waals surface area contributed by atoms with Crippen LogP contribution in [0.1, 0.15) is 65.5 Å². The molecule has 0 N–H and O–H groups in total. The van der Waals surface area contributed by atoms with Crippen LogP contribution in [-0.4, -0.2) is 50.0 Å². The van der Waals surface area contributed by atoms with Crippen LogP contribution in [0.3, 0.4) is 0 Å². The highest BCUT2D eigenvalue weighted by Gasteiger charge is 2.31. The highest BCUT2D eigenvalue weighted by Crippen LogP contribution is 2.32. The molecule has 1 unspecified atom stereocenters. The van der Waals surface area contributed by atoms with E-state index in [1.165, 1.54) is 19.0 Å². The molecule has 0 aromatic carbocycles. The van der Waals surface area contributed by atoms with E-state index in [-0.39, 0.29) is 11.9 Å². The number of pyridine rings is 1. The highest BCUT2D eigenvalue weighted by atomic mass is 16.2. The van der Waals surface area contributed by atoms with E-state index in [9.17, 15) is 4.79 Å². The van der Waals surface area contributed by atoms with Gasteiger partial charge in [-0.2, -0.15) is 10.4 Å². The Bertz CT molecular complexity index is 1200. The van der Waals surface area contributed by atoms with E-state index in [2.05, 4.69) is 23.4 Å². The molecule has 9 nitrogen and oxygen atoms in total. The molecule has 2 saturated heterocycles. The summed E-state index contributed by atoms with van der Waals surface area (Å²) in [6, 6.07) is 7.22. The number of anilines is 1. The Kier molecular flexibility index (Phi) is 6.50. The molecular formula is C24H26N8O. The molecule has 3 aromatic heterocycles. The molecule has 2 fully saturated rings. The van der Waals surface area contributed by atoms with Gasteiger partial charge in [-0.1, -0.05) is 0 Å². The maximum Gasteiger partial charge on any atom is 0.273 e. The van der Waals surface area contributed by atoms with Gasteiger partial charge in [0.15, 0.2) is 5.65 Å². The first-order valence-electron chi connectivity index (χ1n) is 11.2. The fraction of sp³-hybridized carbons (Fsp3) is 0.417. The Morgan fingerprint density at radius 3 is 2.61 bits per heavy atom. The molecule has 5 rings (SSSR count). The Hall–Kier alpha value is -3.98. The van der Waals surface area contributed by atoms with Crippen molar-refractivity contribution >= 4 is 17.4 Å². The van der Waals surface area contributed by atoms with E-state index in [1.807, 2.05) is 27.7 Å². The number of carbonyl (C=O) groups excluding carboxylic acids is 1. The van der Waals surface area contributed by atoms with Crippen molar-refractivity contribution in [3.05, 3.63) is 53.1 Å². The molecule has 1 atom stereocenters. The van der Waals surface area contributed by atoms with Gasteiger partial charge < -0.3 is 9.80 Å². The van der Waals surface area contributed by atoms with Crippen LogP contribution in [0.2, 0.25) is 0 Å². The third kappa shape index (κ3) is 4.35. The van der Waals surface area contributed by atoms with Gasteiger partial charge in [0.05, 0.1) is 17.3 Å². The summed E-state index contributed by atoms with van der Waals surface area (Å²) in [6.07, 6.45) is 8.78. The van der Waals surface area contributed by atoms with Crippen molar-refractivity contribution in [2.24, 2.45) is 0 Å². The number of fused-ring (bicyclic) bond motifs is 1. The lowest BCUT2D eigenvalue weighted by Gasteiger charge is -2.34. The topological polar surface area (TPSA) is 114 Å². The maximum atomic E-state index is 13.2. The molecule has 5 heterocycles. The van der Waals surface area contributed by atoms with Crippen LogP contribution >= 0.6 is 0 Å². The number of aromatic nitrogens is 4. The summed E-state index contributed by atoms with van der Waals surface area (Å²) in [5.41, 5.74) is 3.61. The van der Waals surface area contributed by atoms with Crippen LogP contribution in [0.15, 0.2) is 30.6 Å². The second-order valence-electron chi connectivity index (χ2n) is 8.37. The van der Waals surface area contributed by atoms with Gasteiger partial charge in [0.2, 0.25) is 0 Å². The molecule has 2 aliphatic rings. The largest absolute Gasteiger partial charge is 0.356 e. The average Bonchev–Trinajstić information content (AvgIpc) is 3.54. The minimum Gasteiger partial charge on any atom is -0.356 e. The van der Waals surface area contributed by atoms with E-state index < -0.39 is 0 Å². The zero-order chi connectivity index (χ0) is 23.4. The summed E-state index contributed by atoms with van der Waals surface area (Å²) in [6.45, 7) is 8.35. The van der Waals surface area contributed by atoms with Crippen molar-refractivity contribution in [1.82, 2.24) is 24.5 Å². The zero-order valence-electron chi connectivity index (χ0n) is 18.7. The van der Waals surface area contributed by atoms with E-state index in [4.69, 9.17) is 20.6 Å². The smallest absolute Gasteiger partial charge is 0.273 e. The van der Waals surface area contributed by atoms with Gasteiger partial charge in [0.25, 0.3) is 5.91 Å². The Labute approximate surface area is 192 Å². The summed E-state index contributed by atoms with van der Waals surface area (Å²) in [5, 5.41) is 20.3. The molecule has 2 aliphatic heterocycles. The Morgan fingerprint density at radius 1 is 1.15 bits per heavy atom. The predicted octanol–water partition coefficient (Wildman–Crippen LogP) is 3.41. The van der Waals surface area contributed by atoms with E-state index in [1.54, 1.807) is 12.1 Å². The molecule has 0 saturated carbocycles. The third-order valence-corrected chi connectivity index (χ3v) is 6.25. The van der Waals surface area contributed by atoms with Crippen LogP contribution in [0.5, 0.6) is 0 Å². The summed E-state index contributed by atoms with van der Waals surface area (Å²) < 4.78 is 1.83. The Morgan fingerprint density at radius 2 is 1.91 bits per heavy atom. The van der Waals surface area contributed by atoms with Crippen molar-refractivity contribution in [3.8, 4) is 12.6 Å². The number of aryl methyl sites for hydroxylation is 1. The molecule has 33 heavy (non-hydrogen) atoms. The molecule has 0 aliphatic carbocycles. The number of hydrogen-bond acceptors (Lipinski definition) is 7. The Balaban J connectivity index is 0.00000126. The fourth-order valence-electron chi connectivity index (χ4n) is 4.65. The number of amides is 1. The lowest BCUT2D eigenvalue weighted by Crippen LogP contribution is -2.39. The van der Waals surface area contributed by atoms with Crippen molar-refractivity contribution in [3.63, 3.8) is 0 Å². The normalized spacial score (nSPS) is 17.9. The SMILES string of the molecule is C#N.Cc1cn2nc(C3CCCCN3C(=O)c3ccc(C#N)cn3)cc2nc1N1CCCC1. The standard InChI is InChI=1S/C23H25N7O.CHN/c1-16-15-30-21(26-22(16)28-9-4-5-10-28)12-19(27-30)20-6-2-3-11-29(20)23(31)18-8-7-17(13-24)14-25-18;1-2/h7-8,12,14-15,20H,2-6,9-11H2,1H3;1H. The van der Waals surface area contributed by atoms with Gasteiger partial charge >= 0.3 is 0 Å². The number of nitriles is 2. The maximum absolute atomic E-state index is 13.2. The van der Waals surface area contributed by atoms with Crippen LogP contribution in [0, 0.1) is 30.1 Å². The molecule has 0 spiro atoms. The van der Waals surface area contributed by atoms with Crippen LogP contribution in [-0.2, 0) is 0 Å². The summed E-state index contributed by atoms with van der Waals surface area (Å²) in [5.74, 6) is 0.919. The first kappa shape index (κ1) is 22.2.